The molecule has 1 fully saturated rings. The number of hydrogen-bond acceptors (Lipinski definition) is 9. The molecule has 0 radical (unpaired) electrons. The van der Waals surface area contributed by atoms with Gasteiger partial charge in [-0.05, 0) is 57.8 Å². The SMILES string of the molecule is CCCCC/C=C\C/C=C\CCCCCCCC(=O)O[C@H](COC(=O)CCCCCC[C@H]1C(=O)C[C@@H](O)[C@@H]1/C=C/[C@@H](O)CCCCC)COP(=O)(O)O. The molecule has 0 aliphatic heterocycles. The van der Waals surface area contributed by atoms with Crippen molar-refractivity contribution < 1.29 is 52.9 Å². The first-order valence-electron chi connectivity index (χ1n) is 20.4. The van der Waals surface area contributed by atoms with Gasteiger partial charge in [-0.2, -0.15) is 0 Å². The zero-order valence-corrected chi connectivity index (χ0v) is 33.5. The summed E-state index contributed by atoms with van der Waals surface area (Å²) in [6.07, 6.45) is 29.1. The normalized spacial score (nSPS) is 19.1. The Kier molecular flexibility index (Phi) is 28.7. The monoisotopic (exact) mass is 770 g/mol. The maximum atomic E-state index is 12.5. The van der Waals surface area contributed by atoms with Gasteiger partial charge in [0.2, 0.25) is 0 Å². The number of esters is 2. The summed E-state index contributed by atoms with van der Waals surface area (Å²) in [5.41, 5.74) is 0. The molecule has 0 amide bonds. The van der Waals surface area contributed by atoms with Crippen molar-refractivity contribution in [3.05, 3.63) is 36.5 Å². The van der Waals surface area contributed by atoms with Gasteiger partial charge in [-0.3, -0.25) is 18.9 Å². The number of carbonyl (C=O) groups excluding carboxylic acids is 3. The lowest BCUT2D eigenvalue weighted by Crippen LogP contribution is -2.29. The van der Waals surface area contributed by atoms with E-state index >= 15 is 0 Å². The van der Waals surface area contributed by atoms with Gasteiger partial charge in [0.25, 0.3) is 0 Å². The third-order valence-electron chi connectivity index (χ3n) is 9.53. The Hall–Kier alpha value is -2.14. The first kappa shape index (κ1) is 48.9. The Morgan fingerprint density at radius 3 is 2.04 bits per heavy atom. The number of phosphoric ester groups is 1. The lowest BCUT2D eigenvalue weighted by molar-refractivity contribution is -0.161. The third-order valence-corrected chi connectivity index (χ3v) is 10.0. The molecule has 0 heterocycles. The van der Waals surface area contributed by atoms with E-state index < -0.39 is 44.7 Å². The number of allylic oxidation sites excluding steroid dienone is 4. The summed E-state index contributed by atoms with van der Waals surface area (Å²) in [7, 11) is -4.82. The summed E-state index contributed by atoms with van der Waals surface area (Å²) in [6, 6.07) is 0. The maximum Gasteiger partial charge on any atom is 0.469 e. The molecule has 53 heavy (non-hydrogen) atoms. The van der Waals surface area contributed by atoms with Crippen molar-refractivity contribution in [1.82, 2.24) is 0 Å². The van der Waals surface area contributed by atoms with Gasteiger partial charge >= 0.3 is 19.8 Å². The van der Waals surface area contributed by atoms with Crippen LogP contribution in [0.5, 0.6) is 0 Å². The van der Waals surface area contributed by atoms with E-state index in [-0.39, 0.29) is 43.5 Å². The number of ether oxygens (including phenoxy) is 2. The summed E-state index contributed by atoms with van der Waals surface area (Å²) < 4.78 is 26.3. The van der Waals surface area contributed by atoms with Crippen molar-refractivity contribution in [3.8, 4) is 0 Å². The highest BCUT2D eigenvalue weighted by atomic mass is 31.2. The quantitative estimate of drug-likeness (QED) is 0.0217. The lowest BCUT2D eigenvalue weighted by atomic mass is 9.88. The highest BCUT2D eigenvalue weighted by Gasteiger charge is 2.39. The fourth-order valence-corrected chi connectivity index (χ4v) is 6.78. The Morgan fingerprint density at radius 1 is 0.792 bits per heavy atom. The lowest BCUT2D eigenvalue weighted by Gasteiger charge is -2.18. The molecular formula is C41H71O11P. The van der Waals surface area contributed by atoms with E-state index in [2.05, 4.69) is 42.7 Å². The summed E-state index contributed by atoms with van der Waals surface area (Å²) >= 11 is 0. The van der Waals surface area contributed by atoms with Gasteiger partial charge in [-0.25, -0.2) is 4.57 Å². The summed E-state index contributed by atoms with van der Waals surface area (Å²) in [5.74, 6) is -1.59. The third kappa shape index (κ3) is 27.1. The van der Waals surface area contributed by atoms with Crippen LogP contribution in [0.15, 0.2) is 36.5 Å². The number of ketones is 1. The van der Waals surface area contributed by atoms with Gasteiger partial charge in [0.1, 0.15) is 12.4 Å². The number of hydrogen-bond donors (Lipinski definition) is 4. The first-order valence-corrected chi connectivity index (χ1v) is 21.9. The predicted molar refractivity (Wildman–Crippen MR) is 208 cm³/mol. The minimum Gasteiger partial charge on any atom is -0.462 e. The van der Waals surface area contributed by atoms with Crippen molar-refractivity contribution in [3.63, 3.8) is 0 Å². The Bertz CT molecular complexity index is 1120. The van der Waals surface area contributed by atoms with Crippen molar-refractivity contribution in [1.29, 1.82) is 0 Å². The van der Waals surface area contributed by atoms with Crippen LogP contribution < -0.4 is 0 Å². The topological polar surface area (TPSA) is 177 Å². The minimum atomic E-state index is -4.82. The number of phosphoric acid groups is 1. The van der Waals surface area contributed by atoms with Gasteiger partial charge in [0, 0.05) is 31.1 Å². The van der Waals surface area contributed by atoms with E-state index in [0.29, 0.717) is 25.7 Å². The molecule has 1 aliphatic carbocycles. The molecule has 5 atom stereocenters. The van der Waals surface area contributed by atoms with Crippen molar-refractivity contribution in [2.45, 2.75) is 180 Å². The van der Waals surface area contributed by atoms with E-state index in [4.69, 9.17) is 19.3 Å². The molecule has 1 aliphatic rings. The fourth-order valence-electron chi connectivity index (χ4n) is 6.42. The zero-order chi connectivity index (χ0) is 39.2. The van der Waals surface area contributed by atoms with Crippen LogP contribution in [0, 0.1) is 11.8 Å². The average Bonchev–Trinajstić information content (AvgIpc) is 3.38. The maximum absolute atomic E-state index is 12.5. The van der Waals surface area contributed by atoms with E-state index in [9.17, 15) is 29.2 Å². The summed E-state index contributed by atoms with van der Waals surface area (Å²) in [5, 5.41) is 20.6. The van der Waals surface area contributed by atoms with Crippen molar-refractivity contribution in [2.24, 2.45) is 11.8 Å². The van der Waals surface area contributed by atoms with Gasteiger partial charge in [0.05, 0.1) is 18.8 Å². The second-order valence-electron chi connectivity index (χ2n) is 14.4. The second kappa shape index (κ2) is 31.1. The van der Waals surface area contributed by atoms with E-state index in [0.717, 1.165) is 83.5 Å². The number of aliphatic hydroxyl groups excluding tert-OH is 2. The molecule has 0 aromatic heterocycles. The zero-order valence-electron chi connectivity index (χ0n) is 32.6. The molecule has 4 N–H and O–H groups in total. The van der Waals surface area contributed by atoms with Crippen LogP contribution in [0.4, 0.5) is 0 Å². The van der Waals surface area contributed by atoms with Crippen LogP contribution in [0.25, 0.3) is 0 Å². The van der Waals surface area contributed by atoms with Gasteiger partial charge < -0.3 is 29.5 Å². The van der Waals surface area contributed by atoms with E-state index in [1.54, 1.807) is 12.2 Å². The molecule has 1 rings (SSSR count). The minimum absolute atomic E-state index is 0.0419. The smallest absolute Gasteiger partial charge is 0.462 e. The van der Waals surface area contributed by atoms with Crippen LogP contribution in [-0.4, -0.2) is 69.2 Å². The van der Waals surface area contributed by atoms with Gasteiger partial charge in [-0.15, -0.1) is 0 Å². The molecule has 0 unspecified atom stereocenters. The summed E-state index contributed by atoms with van der Waals surface area (Å²) in [4.78, 5) is 55.5. The van der Waals surface area contributed by atoms with Crippen LogP contribution in [0.3, 0.4) is 0 Å². The largest absolute Gasteiger partial charge is 0.469 e. The van der Waals surface area contributed by atoms with Gasteiger partial charge in [-0.1, -0.05) is 121 Å². The van der Waals surface area contributed by atoms with E-state index in [1.807, 2.05) is 0 Å². The number of unbranched alkanes of at least 4 members (excludes halogenated alkanes) is 13. The van der Waals surface area contributed by atoms with Gasteiger partial charge in [0.15, 0.2) is 6.10 Å². The van der Waals surface area contributed by atoms with Crippen LogP contribution in [0.1, 0.15) is 162 Å². The molecule has 12 heteroatoms. The van der Waals surface area contributed by atoms with Crippen molar-refractivity contribution >= 4 is 25.5 Å². The second-order valence-corrected chi connectivity index (χ2v) is 15.6. The predicted octanol–water partition coefficient (Wildman–Crippen LogP) is 8.77. The summed E-state index contributed by atoms with van der Waals surface area (Å²) in [6.45, 7) is 3.34. The molecule has 306 valence electrons. The molecule has 1 saturated carbocycles. The highest BCUT2D eigenvalue weighted by molar-refractivity contribution is 7.46. The fraction of sp³-hybridized carbons (Fsp3) is 0.780. The standard InChI is InChI=1S/C41H71O11P/c1-3-5-7-8-9-10-11-12-13-14-15-16-17-18-24-28-41(46)52-35(33-51-53(47,48)49)32-50-40(45)27-23-20-19-22-26-36-37(39(44)31-38(36)43)30-29-34(42)25-21-6-4-2/h9-10,12-13,29-30,34-37,39,42,44H,3-8,11,14-28,31-33H2,1-2H3,(H2,47,48,49)/b10-9-,13-12-,30-29+/t34-,35+,36+,37+,39+/m0/s1. The molecule has 11 nitrogen and oxygen atoms in total. The molecule has 0 aromatic rings. The Labute approximate surface area is 319 Å². The number of Topliss-reactive ketones (excluding diaryl/α,β-unsaturated/α-hetero) is 1. The van der Waals surface area contributed by atoms with Crippen molar-refractivity contribution in [2.75, 3.05) is 13.2 Å². The number of rotatable bonds is 33. The van der Waals surface area contributed by atoms with Crippen LogP contribution in [-0.2, 0) is 32.9 Å². The molecule has 0 spiro atoms. The Balaban J connectivity index is 2.29. The van der Waals surface area contributed by atoms with Crippen LogP contribution >= 0.6 is 7.82 Å². The van der Waals surface area contributed by atoms with E-state index in [1.165, 1.54) is 19.3 Å². The highest BCUT2D eigenvalue weighted by Crippen LogP contribution is 2.36. The van der Waals surface area contributed by atoms with Crippen LogP contribution in [0.2, 0.25) is 0 Å². The molecular weight excluding hydrogens is 699 g/mol. The molecule has 0 aromatic carbocycles. The molecule has 0 saturated heterocycles. The molecule has 0 bridgehead atoms. The first-order chi connectivity index (χ1) is 25.5. The average molecular weight is 771 g/mol. The number of aliphatic hydroxyl groups is 2. The number of carbonyl (C=O) groups is 3. The Morgan fingerprint density at radius 2 is 1.38 bits per heavy atom.